The minimum atomic E-state index is 0. The first-order valence-corrected chi connectivity index (χ1v) is 13.0. The highest BCUT2D eigenvalue weighted by Gasteiger charge is 2.59. The van der Waals surface area contributed by atoms with Crippen molar-refractivity contribution in [1.82, 2.24) is 10.6 Å². The van der Waals surface area contributed by atoms with Gasteiger partial charge in [-0.05, 0) is 54.2 Å². The Hall–Kier alpha value is -2.04. The molecular weight excluding hydrogens is 487 g/mol. The van der Waals surface area contributed by atoms with E-state index in [1.165, 1.54) is 42.4 Å². The monoisotopic (exact) mass is 524 g/mol. The first-order valence-electron chi connectivity index (χ1n) is 13.0. The molecule has 0 amide bonds. The van der Waals surface area contributed by atoms with E-state index >= 15 is 0 Å². The summed E-state index contributed by atoms with van der Waals surface area (Å²) >= 11 is 0. The molecule has 2 bridgehead atoms. The van der Waals surface area contributed by atoms with Gasteiger partial charge in [-0.2, -0.15) is 0 Å². The lowest BCUT2D eigenvalue weighted by Gasteiger charge is -2.37. The smallest absolute Gasteiger partial charge is 0.123 e. The van der Waals surface area contributed by atoms with Crippen LogP contribution in [0.4, 0.5) is 0 Å². The van der Waals surface area contributed by atoms with E-state index in [1.54, 1.807) is 7.11 Å². The number of fused-ring (bicyclic) bond motifs is 2. The molecule has 1 saturated heterocycles. The molecule has 3 aromatic rings. The van der Waals surface area contributed by atoms with Gasteiger partial charge in [-0.1, -0.05) is 85.3 Å². The highest BCUT2D eigenvalue weighted by molar-refractivity contribution is 5.85. The summed E-state index contributed by atoms with van der Waals surface area (Å²) < 4.78 is 5.67. The Kier molecular flexibility index (Phi) is 9.00. The number of hydrogen-bond acceptors (Lipinski definition) is 3. The van der Waals surface area contributed by atoms with Crippen LogP contribution in [0.15, 0.2) is 84.9 Å². The van der Waals surface area contributed by atoms with E-state index in [-0.39, 0.29) is 24.8 Å². The quantitative estimate of drug-likeness (QED) is 0.365. The van der Waals surface area contributed by atoms with Crippen LogP contribution in [-0.4, -0.2) is 25.2 Å². The Bertz CT molecular complexity index is 1060. The molecule has 1 heterocycles. The van der Waals surface area contributed by atoms with Crippen LogP contribution in [0.2, 0.25) is 0 Å². The summed E-state index contributed by atoms with van der Waals surface area (Å²) in [6, 6.07) is 32.1. The van der Waals surface area contributed by atoms with Gasteiger partial charge in [0.05, 0.1) is 7.11 Å². The zero-order valence-electron chi connectivity index (χ0n) is 20.9. The van der Waals surface area contributed by atoms with Crippen molar-refractivity contribution >= 4 is 24.8 Å². The molecule has 1 aliphatic heterocycles. The van der Waals surface area contributed by atoms with Crippen molar-refractivity contribution in [1.29, 1.82) is 0 Å². The molecule has 3 fully saturated rings. The van der Waals surface area contributed by atoms with Gasteiger partial charge in [-0.25, -0.2) is 0 Å². The lowest BCUT2D eigenvalue weighted by molar-refractivity contribution is 0.296. The van der Waals surface area contributed by atoms with E-state index in [1.807, 2.05) is 0 Å². The number of methoxy groups -OCH3 is 1. The average Bonchev–Trinajstić information content (AvgIpc) is 3.61. The summed E-state index contributed by atoms with van der Waals surface area (Å²) in [6.45, 7) is 0.837. The van der Waals surface area contributed by atoms with Gasteiger partial charge >= 0.3 is 0 Å². The molecule has 3 aliphatic rings. The van der Waals surface area contributed by atoms with Crippen molar-refractivity contribution in [2.45, 2.75) is 56.3 Å². The Labute approximate surface area is 228 Å². The van der Waals surface area contributed by atoms with Crippen LogP contribution in [0, 0.1) is 17.8 Å². The molecular formula is C31H38Cl2N2O. The maximum absolute atomic E-state index is 5.67. The van der Waals surface area contributed by atoms with Gasteiger partial charge in [0.1, 0.15) is 5.75 Å². The number of benzene rings is 3. The van der Waals surface area contributed by atoms with Crippen molar-refractivity contribution in [2.75, 3.05) is 7.11 Å². The standard InChI is InChI=1S/C31H36N2O.2ClH/c1-34-27-18-9-8-15-23(27)20-32-30-29-25-17-10-16-24(19-26(25)29)33-31(30)28(21-11-4-2-5-12-21)22-13-6-3-7-14-22;;/h2-9,11-15,18,24-26,28-33H,10,16-17,19-20H2,1H3;2*1H. The number of ether oxygens (including phenoxy) is 1. The summed E-state index contributed by atoms with van der Waals surface area (Å²) in [7, 11) is 1.77. The van der Waals surface area contributed by atoms with Crippen LogP contribution < -0.4 is 15.4 Å². The van der Waals surface area contributed by atoms with Crippen molar-refractivity contribution in [3.8, 4) is 5.75 Å². The molecule has 36 heavy (non-hydrogen) atoms. The van der Waals surface area contributed by atoms with Crippen LogP contribution in [-0.2, 0) is 6.54 Å². The van der Waals surface area contributed by atoms with Crippen molar-refractivity contribution in [3.63, 3.8) is 0 Å². The Morgan fingerprint density at radius 3 is 2.14 bits per heavy atom. The van der Waals surface area contributed by atoms with E-state index in [4.69, 9.17) is 4.74 Å². The Morgan fingerprint density at radius 2 is 1.47 bits per heavy atom. The second-order valence-corrected chi connectivity index (χ2v) is 10.5. The molecule has 0 radical (unpaired) electrons. The van der Waals surface area contributed by atoms with Gasteiger partial charge in [0.2, 0.25) is 0 Å². The number of rotatable bonds is 7. The van der Waals surface area contributed by atoms with E-state index in [9.17, 15) is 0 Å². The van der Waals surface area contributed by atoms with Gasteiger partial charge in [-0.15, -0.1) is 24.8 Å². The molecule has 192 valence electrons. The summed E-state index contributed by atoms with van der Waals surface area (Å²) in [4.78, 5) is 0. The largest absolute Gasteiger partial charge is 0.496 e. The number of hydrogen-bond donors (Lipinski definition) is 2. The van der Waals surface area contributed by atoms with Crippen molar-refractivity contribution in [3.05, 3.63) is 102 Å². The van der Waals surface area contributed by atoms with Crippen LogP contribution in [0.1, 0.15) is 48.3 Å². The molecule has 2 N–H and O–H groups in total. The van der Waals surface area contributed by atoms with Gasteiger partial charge in [0.15, 0.2) is 0 Å². The first kappa shape index (κ1) is 27.0. The summed E-state index contributed by atoms with van der Waals surface area (Å²) in [5.41, 5.74) is 4.05. The maximum Gasteiger partial charge on any atom is 0.123 e. The van der Waals surface area contributed by atoms with Gasteiger partial charge in [0.25, 0.3) is 0 Å². The molecule has 6 unspecified atom stereocenters. The molecule has 5 heteroatoms. The fraction of sp³-hybridized carbons (Fsp3) is 0.419. The third-order valence-corrected chi connectivity index (χ3v) is 8.67. The highest BCUT2D eigenvalue weighted by atomic mass is 35.5. The summed E-state index contributed by atoms with van der Waals surface area (Å²) in [5.74, 6) is 3.80. The molecule has 6 atom stereocenters. The van der Waals surface area contributed by atoms with Gasteiger partial charge in [-0.3, -0.25) is 0 Å². The van der Waals surface area contributed by atoms with E-state index < -0.39 is 0 Å². The summed E-state index contributed by atoms with van der Waals surface area (Å²) in [6.07, 6.45) is 5.41. The summed E-state index contributed by atoms with van der Waals surface area (Å²) in [5, 5.41) is 8.31. The molecule has 0 spiro atoms. The van der Waals surface area contributed by atoms with Crippen molar-refractivity contribution in [2.24, 2.45) is 17.8 Å². The second kappa shape index (κ2) is 12.0. The van der Waals surface area contributed by atoms with Gasteiger partial charge in [0, 0.05) is 36.2 Å². The lowest BCUT2D eigenvalue weighted by Crippen LogP contribution is -2.54. The number of nitrogens with one attached hydrogen (secondary N) is 2. The second-order valence-electron chi connectivity index (χ2n) is 10.5. The van der Waals surface area contributed by atoms with Crippen LogP contribution in [0.25, 0.3) is 0 Å². The van der Waals surface area contributed by atoms with E-state index in [0.29, 0.717) is 24.0 Å². The third-order valence-electron chi connectivity index (χ3n) is 8.67. The topological polar surface area (TPSA) is 33.3 Å². The van der Waals surface area contributed by atoms with Crippen LogP contribution in [0.5, 0.6) is 5.75 Å². The molecule has 3 aromatic carbocycles. The molecule has 6 rings (SSSR count). The van der Waals surface area contributed by atoms with Crippen molar-refractivity contribution < 1.29 is 4.74 Å². The lowest BCUT2D eigenvalue weighted by atomic mass is 9.80. The Balaban J connectivity index is 0.00000152. The average molecular weight is 526 g/mol. The van der Waals surface area contributed by atoms with Crippen LogP contribution in [0.3, 0.4) is 0 Å². The molecule has 2 aliphatic carbocycles. The fourth-order valence-corrected chi connectivity index (χ4v) is 7.13. The predicted octanol–water partition coefficient (Wildman–Crippen LogP) is 6.61. The minimum absolute atomic E-state index is 0. The maximum atomic E-state index is 5.67. The molecule has 2 saturated carbocycles. The van der Waals surface area contributed by atoms with E-state index in [0.717, 1.165) is 30.0 Å². The highest BCUT2D eigenvalue weighted by Crippen LogP contribution is 2.59. The fourth-order valence-electron chi connectivity index (χ4n) is 7.13. The number of halogens is 2. The predicted molar refractivity (Wildman–Crippen MR) is 152 cm³/mol. The normalized spacial score (nSPS) is 28.2. The molecule has 3 nitrogen and oxygen atoms in total. The zero-order valence-corrected chi connectivity index (χ0v) is 22.5. The zero-order chi connectivity index (χ0) is 22.9. The first-order chi connectivity index (χ1) is 16.8. The Morgan fingerprint density at radius 1 is 0.833 bits per heavy atom. The minimum Gasteiger partial charge on any atom is -0.496 e. The number of para-hydroxylation sites is 1. The third kappa shape index (κ3) is 5.31. The molecule has 0 aromatic heterocycles. The van der Waals surface area contributed by atoms with Crippen LogP contribution >= 0.6 is 24.8 Å². The van der Waals surface area contributed by atoms with E-state index in [2.05, 4.69) is 95.6 Å². The SMILES string of the molecule is COc1ccccc1CNC1C(C(c2ccccc2)c2ccccc2)NC2CCCC3C(C2)C31.Cl.Cl. The van der Waals surface area contributed by atoms with Gasteiger partial charge < -0.3 is 15.4 Å².